The molecule has 0 fully saturated rings. The van der Waals surface area contributed by atoms with Crippen molar-refractivity contribution in [3.05, 3.63) is 92.7 Å². The molecule has 0 aliphatic carbocycles. The van der Waals surface area contributed by atoms with Crippen molar-refractivity contribution in [2.24, 2.45) is 0 Å². The van der Waals surface area contributed by atoms with E-state index in [1.807, 2.05) is 48.5 Å². The second-order valence-electron chi connectivity index (χ2n) is 5.96. The monoisotopic (exact) mass is 396 g/mol. The smallest absolute Gasteiger partial charge is 0.259 e. The van der Waals surface area contributed by atoms with Crippen LogP contribution in [0.2, 0.25) is 10.0 Å². The molecule has 0 spiro atoms. The normalized spacial score (nSPS) is 10.9. The van der Waals surface area contributed by atoms with Gasteiger partial charge >= 0.3 is 0 Å². The van der Waals surface area contributed by atoms with Crippen LogP contribution in [0.1, 0.15) is 5.56 Å². The number of hydrogen-bond donors (Lipinski definition) is 1. The minimum atomic E-state index is -0.185. The van der Waals surface area contributed by atoms with Crippen molar-refractivity contribution in [2.45, 2.75) is 6.61 Å². The quantitative estimate of drug-likeness (QED) is 0.497. The van der Waals surface area contributed by atoms with Crippen LogP contribution in [-0.2, 0) is 6.61 Å². The summed E-state index contributed by atoms with van der Waals surface area (Å²) in [5.41, 5.74) is 2.05. The summed E-state index contributed by atoms with van der Waals surface area (Å²) in [4.78, 5) is 19.8. The molecule has 0 unspecified atom stereocenters. The fourth-order valence-corrected chi connectivity index (χ4v) is 3.11. The Morgan fingerprint density at radius 3 is 2.56 bits per heavy atom. The summed E-state index contributed by atoms with van der Waals surface area (Å²) >= 11 is 12.0. The molecule has 1 heterocycles. The summed E-state index contributed by atoms with van der Waals surface area (Å²) in [6.07, 6.45) is 0. The predicted octanol–water partition coefficient (Wildman–Crippen LogP) is 5.48. The number of aromatic amines is 1. The molecule has 0 atom stereocenters. The number of nitrogens with one attached hydrogen (secondary N) is 1. The third-order valence-corrected chi connectivity index (χ3v) is 4.87. The van der Waals surface area contributed by atoms with Gasteiger partial charge in [-0.15, -0.1) is 0 Å². The van der Waals surface area contributed by atoms with E-state index in [0.717, 1.165) is 5.56 Å². The van der Waals surface area contributed by atoms with Crippen LogP contribution >= 0.6 is 23.2 Å². The van der Waals surface area contributed by atoms with Gasteiger partial charge in [0.2, 0.25) is 0 Å². The topological polar surface area (TPSA) is 55.0 Å². The first-order chi connectivity index (χ1) is 13.1. The van der Waals surface area contributed by atoms with Gasteiger partial charge in [-0.1, -0.05) is 53.5 Å². The molecule has 4 rings (SSSR count). The van der Waals surface area contributed by atoms with Crippen LogP contribution in [0.15, 0.2) is 71.5 Å². The van der Waals surface area contributed by atoms with E-state index in [1.165, 1.54) is 0 Å². The standard InChI is InChI=1S/C21H14Cl2N2O2/c22-16-10-9-13(11-17(16)23)12-27-19-8-4-2-6-15(19)20-24-18-7-3-1-5-14(18)21(26)25-20/h1-11H,12H2,(H,24,25,26). The van der Waals surface area contributed by atoms with Crippen LogP contribution in [-0.4, -0.2) is 9.97 Å². The Kier molecular flexibility index (Phi) is 4.84. The van der Waals surface area contributed by atoms with Gasteiger partial charge in [0.1, 0.15) is 18.2 Å². The van der Waals surface area contributed by atoms with Gasteiger partial charge in [0.25, 0.3) is 5.56 Å². The molecule has 1 aromatic heterocycles. The highest BCUT2D eigenvalue weighted by atomic mass is 35.5. The molecule has 27 heavy (non-hydrogen) atoms. The van der Waals surface area contributed by atoms with Crippen LogP contribution in [0.25, 0.3) is 22.3 Å². The van der Waals surface area contributed by atoms with Crippen molar-refractivity contribution in [3.8, 4) is 17.1 Å². The van der Waals surface area contributed by atoms with Crippen molar-refractivity contribution in [1.82, 2.24) is 9.97 Å². The molecule has 3 aromatic carbocycles. The molecule has 0 aliphatic heterocycles. The van der Waals surface area contributed by atoms with Gasteiger partial charge in [-0.25, -0.2) is 4.98 Å². The Hall–Kier alpha value is -2.82. The number of nitrogens with zero attached hydrogens (tertiary/aromatic N) is 1. The van der Waals surface area contributed by atoms with Gasteiger partial charge in [0.05, 0.1) is 26.5 Å². The van der Waals surface area contributed by atoms with Crippen molar-refractivity contribution >= 4 is 34.1 Å². The highest BCUT2D eigenvalue weighted by Crippen LogP contribution is 2.29. The Bertz CT molecular complexity index is 1190. The number of benzene rings is 3. The maximum absolute atomic E-state index is 12.4. The van der Waals surface area contributed by atoms with Gasteiger partial charge in [-0.05, 0) is 42.0 Å². The summed E-state index contributed by atoms with van der Waals surface area (Å²) in [6.45, 7) is 0.311. The second-order valence-corrected chi connectivity index (χ2v) is 6.78. The maximum atomic E-state index is 12.4. The molecule has 0 aliphatic rings. The third-order valence-electron chi connectivity index (χ3n) is 4.13. The number of hydrogen-bond acceptors (Lipinski definition) is 3. The van der Waals surface area contributed by atoms with Gasteiger partial charge in [-0.3, -0.25) is 4.79 Å². The molecular weight excluding hydrogens is 383 g/mol. The molecule has 0 saturated heterocycles. The number of rotatable bonds is 4. The van der Waals surface area contributed by atoms with Crippen molar-refractivity contribution in [3.63, 3.8) is 0 Å². The molecule has 4 nitrogen and oxygen atoms in total. The molecule has 0 saturated carbocycles. The molecule has 134 valence electrons. The van der Waals surface area contributed by atoms with Crippen LogP contribution in [0.5, 0.6) is 5.75 Å². The Morgan fingerprint density at radius 1 is 0.926 bits per heavy atom. The van der Waals surface area contributed by atoms with Crippen LogP contribution in [0.4, 0.5) is 0 Å². The van der Waals surface area contributed by atoms with E-state index in [2.05, 4.69) is 9.97 Å². The van der Waals surface area contributed by atoms with Crippen LogP contribution < -0.4 is 10.3 Å². The number of fused-ring (bicyclic) bond motifs is 1. The fourth-order valence-electron chi connectivity index (χ4n) is 2.79. The Morgan fingerprint density at radius 2 is 1.70 bits per heavy atom. The average molecular weight is 397 g/mol. The molecule has 6 heteroatoms. The second kappa shape index (κ2) is 7.43. The lowest BCUT2D eigenvalue weighted by Gasteiger charge is -2.12. The fraction of sp³-hybridized carbons (Fsp3) is 0.0476. The first-order valence-electron chi connectivity index (χ1n) is 8.27. The minimum absolute atomic E-state index is 0.185. The SMILES string of the molecule is O=c1[nH]c(-c2ccccc2OCc2ccc(Cl)c(Cl)c2)nc2ccccc12. The number of halogens is 2. The van der Waals surface area contributed by atoms with E-state index >= 15 is 0 Å². The van der Waals surface area contributed by atoms with Crippen LogP contribution in [0.3, 0.4) is 0 Å². The zero-order valence-corrected chi connectivity index (χ0v) is 15.6. The first-order valence-corrected chi connectivity index (χ1v) is 9.02. The van der Waals surface area contributed by atoms with Crippen molar-refractivity contribution < 1.29 is 4.74 Å². The molecule has 0 amide bonds. The number of ether oxygens (including phenoxy) is 1. The van der Waals surface area contributed by atoms with Gasteiger partial charge in [-0.2, -0.15) is 0 Å². The summed E-state index contributed by atoms with van der Waals surface area (Å²) in [7, 11) is 0. The summed E-state index contributed by atoms with van der Waals surface area (Å²) < 4.78 is 5.96. The zero-order chi connectivity index (χ0) is 18.8. The summed E-state index contributed by atoms with van der Waals surface area (Å²) in [6, 6.07) is 20.0. The van der Waals surface area contributed by atoms with Gasteiger partial charge in [0, 0.05) is 0 Å². The van der Waals surface area contributed by atoms with Crippen molar-refractivity contribution in [1.29, 1.82) is 0 Å². The minimum Gasteiger partial charge on any atom is -0.488 e. The Labute approximate surface area is 165 Å². The van der Waals surface area contributed by atoms with E-state index in [1.54, 1.807) is 18.2 Å². The highest BCUT2D eigenvalue weighted by Gasteiger charge is 2.11. The summed E-state index contributed by atoms with van der Waals surface area (Å²) in [5, 5.41) is 1.53. The van der Waals surface area contributed by atoms with Crippen LogP contribution in [0, 0.1) is 0 Å². The van der Waals surface area contributed by atoms with E-state index < -0.39 is 0 Å². The number of para-hydroxylation sites is 2. The van der Waals surface area contributed by atoms with E-state index in [-0.39, 0.29) is 5.56 Å². The maximum Gasteiger partial charge on any atom is 0.259 e. The van der Waals surface area contributed by atoms with E-state index in [4.69, 9.17) is 27.9 Å². The first kappa shape index (κ1) is 17.6. The molecule has 1 N–H and O–H groups in total. The van der Waals surface area contributed by atoms with E-state index in [0.29, 0.717) is 44.7 Å². The molecule has 0 bridgehead atoms. The third kappa shape index (κ3) is 3.68. The highest BCUT2D eigenvalue weighted by molar-refractivity contribution is 6.42. The number of H-pyrrole nitrogens is 1. The van der Waals surface area contributed by atoms with Crippen molar-refractivity contribution in [2.75, 3.05) is 0 Å². The lowest BCUT2D eigenvalue weighted by Crippen LogP contribution is -2.10. The molecule has 0 radical (unpaired) electrons. The van der Waals surface area contributed by atoms with E-state index in [9.17, 15) is 4.79 Å². The van der Waals surface area contributed by atoms with Gasteiger partial charge in [0.15, 0.2) is 0 Å². The van der Waals surface area contributed by atoms with Gasteiger partial charge < -0.3 is 9.72 Å². The Balaban J connectivity index is 1.69. The summed E-state index contributed by atoms with van der Waals surface area (Å²) in [5.74, 6) is 1.07. The largest absolute Gasteiger partial charge is 0.488 e. The average Bonchev–Trinajstić information content (AvgIpc) is 2.69. The lowest BCUT2D eigenvalue weighted by molar-refractivity contribution is 0.307. The number of aromatic nitrogens is 2. The molecule has 4 aromatic rings. The molecular formula is C21H14Cl2N2O2. The lowest BCUT2D eigenvalue weighted by atomic mass is 10.1. The zero-order valence-electron chi connectivity index (χ0n) is 14.1. The predicted molar refractivity (Wildman–Crippen MR) is 109 cm³/mol.